The summed E-state index contributed by atoms with van der Waals surface area (Å²) in [5.74, 6) is 1.70. The third-order valence-electron chi connectivity index (χ3n) is 4.52. The lowest BCUT2D eigenvalue weighted by Crippen LogP contribution is -2.43. The molecular weight excluding hydrogens is 403 g/mol. The van der Waals surface area contributed by atoms with Crippen molar-refractivity contribution < 1.29 is 4.74 Å². The second kappa shape index (κ2) is 12.1. The van der Waals surface area contributed by atoms with Crippen LogP contribution < -0.4 is 10.6 Å². The maximum Gasteiger partial charge on any atom is 0.191 e. The lowest BCUT2D eigenvalue weighted by Gasteiger charge is -2.31. The van der Waals surface area contributed by atoms with Crippen LogP contribution in [0.4, 0.5) is 0 Å². The van der Waals surface area contributed by atoms with Gasteiger partial charge in [0.2, 0.25) is 0 Å². The van der Waals surface area contributed by atoms with E-state index in [9.17, 15) is 0 Å². The van der Waals surface area contributed by atoms with Gasteiger partial charge in [0.25, 0.3) is 0 Å². The van der Waals surface area contributed by atoms with E-state index < -0.39 is 0 Å². The quantitative estimate of drug-likeness (QED) is 0.278. The number of hydrogen-bond acceptors (Lipinski definition) is 3. The Hall–Kier alpha value is -0.340. The first-order chi connectivity index (χ1) is 10.8. The van der Waals surface area contributed by atoms with Gasteiger partial charge in [-0.2, -0.15) is 0 Å². The fourth-order valence-electron chi connectivity index (χ4n) is 3.08. The summed E-state index contributed by atoms with van der Waals surface area (Å²) in [4.78, 5) is 7.31. The fraction of sp³-hybridized carbons (Fsp3) is 0.824. The van der Waals surface area contributed by atoms with E-state index in [0.29, 0.717) is 6.04 Å². The predicted octanol–water partition coefficient (Wildman–Crippen LogP) is 2.24. The molecule has 0 aromatic heterocycles. The van der Waals surface area contributed by atoms with Crippen LogP contribution in [0.1, 0.15) is 32.6 Å². The summed E-state index contributed by atoms with van der Waals surface area (Å²) in [5, 5.41) is 6.91. The topological polar surface area (TPSA) is 48.9 Å². The molecule has 2 N–H and O–H groups in total. The Morgan fingerprint density at radius 2 is 1.96 bits per heavy atom. The first-order valence-corrected chi connectivity index (χ1v) is 8.73. The molecule has 134 valence electrons. The molecular formula is C17H33IN4O. The maximum absolute atomic E-state index is 5.16. The van der Waals surface area contributed by atoms with Gasteiger partial charge in [0.1, 0.15) is 0 Å². The molecule has 2 rings (SSSR count). The minimum absolute atomic E-state index is 0. The van der Waals surface area contributed by atoms with Gasteiger partial charge in [-0.1, -0.05) is 12.2 Å². The molecule has 0 aromatic carbocycles. The zero-order chi connectivity index (χ0) is 15.6. The molecule has 2 aliphatic rings. The first-order valence-electron chi connectivity index (χ1n) is 8.73. The van der Waals surface area contributed by atoms with Gasteiger partial charge in [-0.15, -0.1) is 24.0 Å². The van der Waals surface area contributed by atoms with Crippen molar-refractivity contribution in [1.82, 2.24) is 15.5 Å². The monoisotopic (exact) mass is 436 g/mol. The highest BCUT2D eigenvalue weighted by molar-refractivity contribution is 14.0. The van der Waals surface area contributed by atoms with Crippen molar-refractivity contribution in [2.24, 2.45) is 10.9 Å². The average molecular weight is 436 g/mol. The van der Waals surface area contributed by atoms with Crippen LogP contribution >= 0.6 is 24.0 Å². The summed E-state index contributed by atoms with van der Waals surface area (Å²) in [5.41, 5.74) is 0. The molecule has 0 unspecified atom stereocenters. The van der Waals surface area contributed by atoms with Crippen molar-refractivity contribution >= 4 is 29.9 Å². The summed E-state index contributed by atoms with van der Waals surface area (Å²) >= 11 is 0. The summed E-state index contributed by atoms with van der Waals surface area (Å²) in [6.07, 6.45) is 9.22. The summed E-state index contributed by atoms with van der Waals surface area (Å²) in [7, 11) is 1.77. The lowest BCUT2D eigenvalue weighted by molar-refractivity contribution is 0.121. The van der Waals surface area contributed by atoms with Gasteiger partial charge in [0, 0.05) is 32.8 Å². The third kappa shape index (κ3) is 7.85. The van der Waals surface area contributed by atoms with Crippen LogP contribution in [-0.4, -0.2) is 63.3 Å². The molecule has 1 aliphatic carbocycles. The van der Waals surface area contributed by atoms with Crippen molar-refractivity contribution in [3.05, 3.63) is 12.2 Å². The normalized spacial score (nSPS) is 20.5. The van der Waals surface area contributed by atoms with E-state index in [1.165, 1.54) is 25.9 Å². The molecule has 0 atom stereocenters. The van der Waals surface area contributed by atoms with Gasteiger partial charge in [0.15, 0.2) is 5.96 Å². The zero-order valence-electron chi connectivity index (χ0n) is 14.6. The number of nitrogens with zero attached hydrogens (tertiary/aromatic N) is 2. The Morgan fingerprint density at radius 1 is 1.26 bits per heavy atom. The van der Waals surface area contributed by atoms with Crippen molar-refractivity contribution in [2.75, 3.05) is 46.4 Å². The number of rotatable bonds is 7. The Balaban J connectivity index is 0.00000264. The minimum Gasteiger partial charge on any atom is -0.383 e. The number of ether oxygens (including phenoxy) is 1. The number of aliphatic imine (C=N–C) groups is 1. The van der Waals surface area contributed by atoms with E-state index in [1.807, 2.05) is 0 Å². The number of guanidine groups is 1. The highest BCUT2D eigenvalue weighted by Crippen LogP contribution is 2.17. The van der Waals surface area contributed by atoms with Gasteiger partial charge in [-0.25, -0.2) is 0 Å². The van der Waals surface area contributed by atoms with E-state index in [-0.39, 0.29) is 24.0 Å². The average Bonchev–Trinajstić information content (AvgIpc) is 3.05. The van der Waals surface area contributed by atoms with E-state index in [0.717, 1.165) is 51.0 Å². The number of piperidine rings is 1. The lowest BCUT2D eigenvalue weighted by atomic mass is 9.97. The standard InChI is InChI=1S/C17H32N4O.HI/c1-3-18-17(20-16-6-4-5-7-16)19-14-15-8-10-21(11-9-15)12-13-22-2;/h4-5,15-16H,3,6-14H2,1-2H3,(H2,18,19,20);1H. The third-order valence-corrected chi connectivity index (χ3v) is 4.52. The van der Waals surface area contributed by atoms with Crippen LogP contribution in [-0.2, 0) is 4.74 Å². The smallest absolute Gasteiger partial charge is 0.191 e. The number of likely N-dealkylation sites (tertiary alicyclic amines) is 1. The van der Waals surface area contributed by atoms with E-state index >= 15 is 0 Å². The predicted molar refractivity (Wildman–Crippen MR) is 108 cm³/mol. The van der Waals surface area contributed by atoms with Crippen LogP contribution in [0.2, 0.25) is 0 Å². The Labute approximate surface area is 158 Å². The molecule has 1 fully saturated rings. The van der Waals surface area contributed by atoms with Crippen LogP contribution in [0.15, 0.2) is 17.1 Å². The van der Waals surface area contributed by atoms with Crippen LogP contribution in [0.3, 0.4) is 0 Å². The zero-order valence-corrected chi connectivity index (χ0v) is 16.9. The van der Waals surface area contributed by atoms with Gasteiger partial charge in [-0.05, 0) is 51.6 Å². The molecule has 1 aliphatic heterocycles. The second-order valence-electron chi connectivity index (χ2n) is 6.28. The second-order valence-corrected chi connectivity index (χ2v) is 6.28. The van der Waals surface area contributed by atoms with Crippen molar-refractivity contribution in [2.45, 2.75) is 38.6 Å². The molecule has 0 amide bonds. The largest absolute Gasteiger partial charge is 0.383 e. The molecule has 0 aromatic rings. The van der Waals surface area contributed by atoms with Crippen LogP contribution in [0.5, 0.6) is 0 Å². The molecule has 6 heteroatoms. The summed E-state index contributed by atoms with van der Waals surface area (Å²) in [6, 6.07) is 0.522. The Bertz CT molecular complexity index is 360. The van der Waals surface area contributed by atoms with E-state index in [4.69, 9.17) is 9.73 Å². The Kier molecular flexibility index (Phi) is 10.9. The SMILES string of the molecule is CCNC(=NCC1CCN(CCOC)CC1)NC1CC=CC1.I. The maximum atomic E-state index is 5.16. The molecule has 0 saturated carbocycles. The summed E-state index contributed by atoms with van der Waals surface area (Å²) < 4.78 is 5.16. The number of methoxy groups -OCH3 is 1. The van der Waals surface area contributed by atoms with E-state index in [1.54, 1.807) is 7.11 Å². The molecule has 1 saturated heterocycles. The number of halogens is 1. The molecule has 5 nitrogen and oxygen atoms in total. The van der Waals surface area contributed by atoms with Gasteiger partial charge < -0.3 is 20.3 Å². The molecule has 0 radical (unpaired) electrons. The van der Waals surface area contributed by atoms with E-state index in [2.05, 4.69) is 34.6 Å². The number of hydrogen-bond donors (Lipinski definition) is 2. The minimum atomic E-state index is 0. The Morgan fingerprint density at radius 3 is 2.57 bits per heavy atom. The molecule has 0 spiro atoms. The number of nitrogens with one attached hydrogen (secondary N) is 2. The first kappa shape index (κ1) is 20.7. The highest BCUT2D eigenvalue weighted by Gasteiger charge is 2.19. The summed E-state index contributed by atoms with van der Waals surface area (Å²) in [6.45, 7) is 8.24. The van der Waals surface area contributed by atoms with Crippen molar-refractivity contribution in [3.63, 3.8) is 0 Å². The van der Waals surface area contributed by atoms with Gasteiger partial charge in [0.05, 0.1) is 6.61 Å². The van der Waals surface area contributed by atoms with Crippen molar-refractivity contribution in [1.29, 1.82) is 0 Å². The molecule has 1 heterocycles. The van der Waals surface area contributed by atoms with Gasteiger partial charge in [-0.3, -0.25) is 4.99 Å². The van der Waals surface area contributed by atoms with Gasteiger partial charge >= 0.3 is 0 Å². The van der Waals surface area contributed by atoms with Crippen LogP contribution in [0.25, 0.3) is 0 Å². The highest BCUT2D eigenvalue weighted by atomic mass is 127. The van der Waals surface area contributed by atoms with Crippen molar-refractivity contribution in [3.8, 4) is 0 Å². The molecule has 0 bridgehead atoms. The van der Waals surface area contributed by atoms with Crippen LogP contribution in [0, 0.1) is 5.92 Å². The fourth-order valence-corrected chi connectivity index (χ4v) is 3.08. The molecule has 23 heavy (non-hydrogen) atoms.